The average molecular weight is 396 g/mol. The van der Waals surface area contributed by atoms with E-state index in [-0.39, 0.29) is 12.5 Å². The molecule has 0 radical (unpaired) electrons. The molecular formula is C21H29N7O. The highest BCUT2D eigenvalue weighted by atomic mass is 16.2. The highest BCUT2D eigenvalue weighted by Crippen LogP contribution is 2.29. The number of aromatic amines is 1. The number of benzene rings is 1. The summed E-state index contributed by atoms with van der Waals surface area (Å²) in [5, 5.41) is 25.2. The van der Waals surface area contributed by atoms with Crippen molar-refractivity contribution in [2.24, 2.45) is 5.92 Å². The fourth-order valence-corrected chi connectivity index (χ4v) is 3.51. The van der Waals surface area contributed by atoms with Crippen molar-refractivity contribution in [1.82, 2.24) is 20.8 Å². The Hall–Kier alpha value is -3.05. The molecule has 0 unspecified atom stereocenters. The normalized spacial score (nSPS) is 15.0. The van der Waals surface area contributed by atoms with Gasteiger partial charge in [-0.2, -0.15) is 10.4 Å². The molecule has 3 rings (SSSR count). The van der Waals surface area contributed by atoms with E-state index in [0.717, 1.165) is 37.3 Å². The molecule has 1 atom stereocenters. The van der Waals surface area contributed by atoms with Crippen LogP contribution < -0.4 is 20.9 Å². The number of nitrogens with one attached hydrogen (secondary N) is 4. The first-order valence-corrected chi connectivity index (χ1v) is 10.1. The predicted molar refractivity (Wildman–Crippen MR) is 115 cm³/mol. The van der Waals surface area contributed by atoms with Gasteiger partial charge in [-0.15, -0.1) is 0 Å². The van der Waals surface area contributed by atoms with Gasteiger partial charge in [0.15, 0.2) is 5.82 Å². The molecule has 0 bridgehead atoms. The first-order valence-electron chi connectivity index (χ1n) is 10.1. The van der Waals surface area contributed by atoms with Crippen LogP contribution in [0.1, 0.15) is 20.3 Å². The van der Waals surface area contributed by atoms with Gasteiger partial charge in [0.05, 0.1) is 6.07 Å². The van der Waals surface area contributed by atoms with Crippen molar-refractivity contribution in [3.63, 3.8) is 0 Å². The lowest BCUT2D eigenvalue weighted by molar-refractivity contribution is -0.121. The van der Waals surface area contributed by atoms with E-state index in [1.165, 1.54) is 5.69 Å². The van der Waals surface area contributed by atoms with Gasteiger partial charge in [-0.25, -0.2) is 0 Å². The Morgan fingerprint density at radius 3 is 2.66 bits per heavy atom. The smallest absolute Gasteiger partial charge is 0.243 e. The minimum atomic E-state index is -0.453. The number of anilines is 2. The Bertz CT molecular complexity index is 831. The summed E-state index contributed by atoms with van der Waals surface area (Å²) in [5.74, 6) is 0.766. The molecule has 29 heavy (non-hydrogen) atoms. The second-order valence-electron chi connectivity index (χ2n) is 7.63. The third-order valence-corrected chi connectivity index (χ3v) is 4.98. The molecule has 0 saturated carbocycles. The maximum Gasteiger partial charge on any atom is 0.243 e. The van der Waals surface area contributed by atoms with E-state index in [9.17, 15) is 4.79 Å². The number of carbonyl (C=O) groups excluding carboxylic acids is 1. The maximum atomic E-state index is 12.5. The van der Waals surface area contributed by atoms with Crippen LogP contribution in [0, 0.1) is 17.2 Å². The highest BCUT2D eigenvalue weighted by Gasteiger charge is 2.22. The lowest BCUT2D eigenvalue weighted by atomic mass is 10.0. The van der Waals surface area contributed by atoms with Crippen molar-refractivity contribution in [2.45, 2.75) is 26.3 Å². The summed E-state index contributed by atoms with van der Waals surface area (Å²) in [5.41, 5.74) is 3.15. The van der Waals surface area contributed by atoms with Gasteiger partial charge in [-0.1, -0.05) is 26.0 Å². The molecule has 8 nitrogen and oxygen atoms in total. The van der Waals surface area contributed by atoms with Crippen molar-refractivity contribution in [2.75, 3.05) is 42.9 Å². The van der Waals surface area contributed by atoms with E-state index in [1.54, 1.807) is 0 Å². The number of H-pyrrole nitrogens is 1. The third kappa shape index (κ3) is 5.48. The van der Waals surface area contributed by atoms with E-state index >= 15 is 0 Å². The fourth-order valence-electron chi connectivity index (χ4n) is 3.51. The van der Waals surface area contributed by atoms with Crippen LogP contribution in [0.25, 0.3) is 11.1 Å². The summed E-state index contributed by atoms with van der Waals surface area (Å²) in [6.07, 6.45) is 2.48. The van der Waals surface area contributed by atoms with Gasteiger partial charge in [-0.05, 0) is 30.0 Å². The first-order chi connectivity index (χ1) is 14.1. The molecule has 2 aromatic rings. The molecule has 4 N–H and O–H groups in total. The SMILES string of the molecule is CC(C)C[C@H](Nc1n[nH]cc1-c1ccc(N2CCNCC2)cc1)C(=O)NCC#N. The van der Waals surface area contributed by atoms with Crippen LogP contribution in [-0.4, -0.2) is 54.9 Å². The standard InChI is InChI=1S/C21H29N7O/c1-15(2)13-19(21(29)24-8-7-22)26-20-18(14-25-27-20)16-3-5-17(6-4-16)28-11-9-23-10-12-28/h3-6,14-15,19,23H,8-13H2,1-2H3,(H,24,29)(H2,25,26,27)/t19-/m0/s1. The van der Waals surface area contributed by atoms with Crippen molar-refractivity contribution >= 4 is 17.4 Å². The molecule has 1 saturated heterocycles. The summed E-state index contributed by atoms with van der Waals surface area (Å²) in [6, 6.07) is 9.92. The van der Waals surface area contributed by atoms with E-state index < -0.39 is 6.04 Å². The van der Waals surface area contributed by atoms with Gasteiger partial charge >= 0.3 is 0 Å². The van der Waals surface area contributed by atoms with Crippen molar-refractivity contribution < 1.29 is 4.79 Å². The van der Waals surface area contributed by atoms with Crippen LogP contribution in [0.15, 0.2) is 30.5 Å². The summed E-state index contributed by atoms with van der Waals surface area (Å²) in [7, 11) is 0. The van der Waals surface area contributed by atoms with Crippen LogP contribution in [0.2, 0.25) is 0 Å². The number of hydrogen-bond acceptors (Lipinski definition) is 6. The zero-order valence-corrected chi connectivity index (χ0v) is 17.0. The Morgan fingerprint density at radius 1 is 1.28 bits per heavy atom. The average Bonchev–Trinajstić information content (AvgIpc) is 3.20. The number of aromatic nitrogens is 2. The molecule has 0 spiro atoms. The summed E-state index contributed by atoms with van der Waals surface area (Å²) in [4.78, 5) is 14.8. The van der Waals surface area contributed by atoms with E-state index in [0.29, 0.717) is 18.2 Å². The zero-order chi connectivity index (χ0) is 20.6. The second kappa shape index (κ2) is 9.94. The summed E-state index contributed by atoms with van der Waals surface area (Å²) < 4.78 is 0. The Labute approximate surface area is 171 Å². The summed E-state index contributed by atoms with van der Waals surface area (Å²) in [6.45, 7) is 8.14. The van der Waals surface area contributed by atoms with E-state index in [2.05, 4.69) is 69.2 Å². The van der Waals surface area contributed by atoms with Gasteiger partial charge in [-0.3, -0.25) is 9.89 Å². The molecule has 1 aromatic carbocycles. The van der Waals surface area contributed by atoms with Crippen LogP contribution in [0.4, 0.5) is 11.5 Å². The molecule has 1 fully saturated rings. The largest absolute Gasteiger partial charge is 0.369 e. The second-order valence-corrected chi connectivity index (χ2v) is 7.63. The molecule has 1 aromatic heterocycles. The van der Waals surface area contributed by atoms with Gasteiger partial charge in [0.2, 0.25) is 5.91 Å². The van der Waals surface area contributed by atoms with Crippen molar-refractivity contribution in [3.8, 4) is 17.2 Å². The predicted octanol–water partition coefficient (Wildman–Crippen LogP) is 1.95. The molecule has 1 amide bonds. The monoisotopic (exact) mass is 395 g/mol. The molecule has 8 heteroatoms. The number of nitrogens with zero attached hydrogens (tertiary/aromatic N) is 3. The fraction of sp³-hybridized carbons (Fsp3) is 0.476. The lowest BCUT2D eigenvalue weighted by Gasteiger charge is -2.29. The number of rotatable bonds is 8. The highest BCUT2D eigenvalue weighted by molar-refractivity contribution is 5.86. The third-order valence-electron chi connectivity index (χ3n) is 4.98. The Balaban J connectivity index is 1.75. The maximum absolute atomic E-state index is 12.5. The van der Waals surface area contributed by atoms with Crippen molar-refractivity contribution in [1.29, 1.82) is 5.26 Å². The number of amides is 1. The zero-order valence-electron chi connectivity index (χ0n) is 17.0. The van der Waals surface area contributed by atoms with Crippen LogP contribution in [-0.2, 0) is 4.79 Å². The van der Waals surface area contributed by atoms with Crippen LogP contribution in [0.3, 0.4) is 0 Å². The van der Waals surface area contributed by atoms with Gasteiger partial charge in [0.25, 0.3) is 0 Å². The lowest BCUT2D eigenvalue weighted by Crippen LogP contribution is -2.43. The van der Waals surface area contributed by atoms with Gasteiger partial charge in [0, 0.05) is 43.6 Å². The number of carbonyl (C=O) groups is 1. The summed E-state index contributed by atoms with van der Waals surface area (Å²) >= 11 is 0. The number of piperazine rings is 1. The van der Waals surface area contributed by atoms with Crippen molar-refractivity contribution in [3.05, 3.63) is 30.5 Å². The Morgan fingerprint density at radius 2 is 2.00 bits per heavy atom. The molecule has 0 aliphatic carbocycles. The molecule has 2 heterocycles. The van der Waals surface area contributed by atoms with Crippen LogP contribution >= 0.6 is 0 Å². The van der Waals surface area contributed by atoms with Crippen LogP contribution in [0.5, 0.6) is 0 Å². The topological polar surface area (TPSA) is 109 Å². The van der Waals surface area contributed by atoms with E-state index in [1.807, 2.05) is 12.3 Å². The number of hydrogen-bond donors (Lipinski definition) is 4. The quantitative estimate of drug-likeness (QED) is 0.509. The molecule has 1 aliphatic heterocycles. The molecule has 1 aliphatic rings. The van der Waals surface area contributed by atoms with Gasteiger partial charge in [0.1, 0.15) is 12.6 Å². The Kier molecular flexibility index (Phi) is 7.09. The first kappa shape index (κ1) is 20.7. The number of nitriles is 1. The molecular weight excluding hydrogens is 366 g/mol. The minimum Gasteiger partial charge on any atom is -0.369 e. The van der Waals surface area contributed by atoms with E-state index in [4.69, 9.17) is 5.26 Å². The molecule has 154 valence electrons. The minimum absolute atomic E-state index is 0.00396. The van der Waals surface area contributed by atoms with Gasteiger partial charge < -0.3 is 20.9 Å².